The zero-order valence-electron chi connectivity index (χ0n) is 10.1. The molecule has 0 aliphatic rings. The van der Waals surface area contributed by atoms with Gasteiger partial charge in [-0.05, 0) is 30.7 Å². The SMILES string of the molecule is Cn1cnc2c(ccc3[nH]cc(CCN)c32)c1=O. The Morgan fingerprint density at radius 2 is 2.28 bits per heavy atom. The number of H-pyrrole nitrogens is 1. The van der Waals surface area contributed by atoms with Crippen molar-refractivity contribution in [3.63, 3.8) is 0 Å². The van der Waals surface area contributed by atoms with Crippen LogP contribution in [0.15, 0.2) is 29.5 Å². The van der Waals surface area contributed by atoms with Crippen LogP contribution in [0, 0.1) is 0 Å². The van der Waals surface area contributed by atoms with Crippen molar-refractivity contribution in [3.05, 3.63) is 40.6 Å². The maximum Gasteiger partial charge on any atom is 0.260 e. The molecule has 0 saturated heterocycles. The van der Waals surface area contributed by atoms with E-state index in [1.54, 1.807) is 13.4 Å². The fraction of sp³-hybridized carbons (Fsp3) is 0.231. The molecule has 2 aromatic heterocycles. The van der Waals surface area contributed by atoms with Crippen LogP contribution in [0.4, 0.5) is 0 Å². The highest BCUT2D eigenvalue weighted by Gasteiger charge is 2.10. The first-order valence-corrected chi connectivity index (χ1v) is 5.86. The summed E-state index contributed by atoms with van der Waals surface area (Å²) >= 11 is 0. The van der Waals surface area contributed by atoms with Gasteiger partial charge in [-0.25, -0.2) is 4.98 Å². The van der Waals surface area contributed by atoms with E-state index in [-0.39, 0.29) is 5.56 Å². The molecule has 3 N–H and O–H groups in total. The molecule has 0 saturated carbocycles. The van der Waals surface area contributed by atoms with E-state index in [9.17, 15) is 4.79 Å². The summed E-state index contributed by atoms with van der Waals surface area (Å²) in [6.07, 6.45) is 4.27. The van der Waals surface area contributed by atoms with Gasteiger partial charge in [0.1, 0.15) is 0 Å². The summed E-state index contributed by atoms with van der Waals surface area (Å²) in [5, 5.41) is 1.65. The number of hydrogen-bond acceptors (Lipinski definition) is 3. The van der Waals surface area contributed by atoms with E-state index < -0.39 is 0 Å². The van der Waals surface area contributed by atoms with E-state index in [1.807, 2.05) is 18.3 Å². The van der Waals surface area contributed by atoms with E-state index in [0.717, 1.165) is 28.4 Å². The number of nitrogens with one attached hydrogen (secondary N) is 1. The lowest BCUT2D eigenvalue weighted by Crippen LogP contribution is -2.16. The third kappa shape index (κ3) is 1.44. The van der Waals surface area contributed by atoms with Gasteiger partial charge < -0.3 is 15.3 Å². The molecule has 0 radical (unpaired) electrons. The van der Waals surface area contributed by atoms with Gasteiger partial charge in [-0.1, -0.05) is 0 Å². The van der Waals surface area contributed by atoms with Gasteiger partial charge in [0.2, 0.25) is 0 Å². The molecule has 18 heavy (non-hydrogen) atoms. The Labute approximate surface area is 103 Å². The molecule has 5 heteroatoms. The van der Waals surface area contributed by atoms with Crippen LogP contribution in [-0.2, 0) is 13.5 Å². The Kier molecular flexibility index (Phi) is 2.41. The third-order valence-corrected chi connectivity index (χ3v) is 3.23. The Morgan fingerprint density at radius 1 is 1.44 bits per heavy atom. The lowest BCUT2D eigenvalue weighted by molar-refractivity contribution is 0.843. The van der Waals surface area contributed by atoms with Crippen LogP contribution in [0.1, 0.15) is 5.56 Å². The molecule has 5 nitrogen and oxygen atoms in total. The highest BCUT2D eigenvalue weighted by Crippen LogP contribution is 2.24. The highest BCUT2D eigenvalue weighted by molar-refractivity contribution is 6.05. The van der Waals surface area contributed by atoms with Crippen molar-refractivity contribution in [2.45, 2.75) is 6.42 Å². The van der Waals surface area contributed by atoms with Gasteiger partial charge in [-0.3, -0.25) is 4.79 Å². The van der Waals surface area contributed by atoms with Crippen LogP contribution < -0.4 is 11.3 Å². The Morgan fingerprint density at radius 3 is 3.06 bits per heavy atom. The number of hydrogen-bond donors (Lipinski definition) is 2. The van der Waals surface area contributed by atoms with Gasteiger partial charge in [0.05, 0.1) is 17.2 Å². The summed E-state index contributed by atoms with van der Waals surface area (Å²) in [7, 11) is 1.71. The van der Waals surface area contributed by atoms with Crippen molar-refractivity contribution in [3.8, 4) is 0 Å². The van der Waals surface area contributed by atoms with Crippen LogP contribution >= 0.6 is 0 Å². The van der Waals surface area contributed by atoms with Crippen molar-refractivity contribution in [1.29, 1.82) is 0 Å². The van der Waals surface area contributed by atoms with E-state index in [1.165, 1.54) is 4.57 Å². The van der Waals surface area contributed by atoms with Gasteiger partial charge in [0.15, 0.2) is 0 Å². The quantitative estimate of drug-likeness (QED) is 0.701. The van der Waals surface area contributed by atoms with Crippen LogP contribution in [-0.4, -0.2) is 21.1 Å². The predicted molar refractivity (Wildman–Crippen MR) is 71.6 cm³/mol. The fourth-order valence-corrected chi connectivity index (χ4v) is 2.32. The first-order chi connectivity index (χ1) is 8.72. The zero-order valence-corrected chi connectivity index (χ0v) is 10.1. The predicted octanol–water partition coefficient (Wildman–Crippen LogP) is 0.916. The fourth-order valence-electron chi connectivity index (χ4n) is 2.32. The molecule has 0 amide bonds. The largest absolute Gasteiger partial charge is 0.361 e. The number of nitrogens with zero attached hydrogens (tertiary/aromatic N) is 2. The van der Waals surface area contributed by atoms with Crippen molar-refractivity contribution < 1.29 is 0 Å². The lowest BCUT2D eigenvalue weighted by Gasteiger charge is -2.03. The second-order valence-corrected chi connectivity index (χ2v) is 4.40. The average molecular weight is 242 g/mol. The topological polar surface area (TPSA) is 76.7 Å². The van der Waals surface area contributed by atoms with E-state index in [0.29, 0.717) is 11.9 Å². The normalized spacial score (nSPS) is 11.4. The Hall–Kier alpha value is -2.14. The van der Waals surface area contributed by atoms with Crippen LogP contribution in [0.2, 0.25) is 0 Å². The van der Waals surface area contributed by atoms with Crippen LogP contribution in [0.3, 0.4) is 0 Å². The minimum absolute atomic E-state index is 0.0261. The maximum absolute atomic E-state index is 12.1. The smallest absolute Gasteiger partial charge is 0.260 e. The molecule has 0 spiro atoms. The number of rotatable bonds is 2. The minimum atomic E-state index is -0.0261. The first kappa shape index (κ1) is 11.0. The zero-order chi connectivity index (χ0) is 12.7. The van der Waals surface area contributed by atoms with Crippen molar-refractivity contribution in [1.82, 2.24) is 14.5 Å². The summed E-state index contributed by atoms with van der Waals surface area (Å²) in [6, 6.07) is 3.73. The van der Waals surface area contributed by atoms with Gasteiger partial charge in [-0.15, -0.1) is 0 Å². The van der Waals surface area contributed by atoms with Gasteiger partial charge in [0.25, 0.3) is 5.56 Å². The summed E-state index contributed by atoms with van der Waals surface area (Å²) in [6.45, 7) is 0.578. The monoisotopic (exact) mass is 242 g/mol. The van der Waals surface area contributed by atoms with Crippen molar-refractivity contribution in [2.75, 3.05) is 6.54 Å². The number of fused-ring (bicyclic) bond motifs is 3. The van der Waals surface area contributed by atoms with E-state index >= 15 is 0 Å². The number of aromatic amines is 1. The molecule has 0 atom stereocenters. The molecule has 1 aromatic carbocycles. The van der Waals surface area contributed by atoms with Crippen molar-refractivity contribution >= 4 is 21.8 Å². The summed E-state index contributed by atoms with van der Waals surface area (Å²) in [5.41, 5.74) is 8.44. The second-order valence-electron chi connectivity index (χ2n) is 4.40. The molecule has 2 heterocycles. The molecule has 0 fully saturated rings. The summed E-state index contributed by atoms with van der Waals surface area (Å²) in [4.78, 5) is 19.6. The Balaban J connectivity index is 2.48. The molecular formula is C13H14N4O. The molecule has 3 rings (SSSR count). The lowest BCUT2D eigenvalue weighted by atomic mass is 10.1. The van der Waals surface area contributed by atoms with E-state index in [4.69, 9.17) is 5.73 Å². The molecule has 0 aliphatic heterocycles. The average Bonchev–Trinajstić information content (AvgIpc) is 2.78. The summed E-state index contributed by atoms with van der Waals surface area (Å²) in [5.74, 6) is 0. The number of nitrogens with two attached hydrogens (primary N) is 1. The van der Waals surface area contributed by atoms with Gasteiger partial charge in [0, 0.05) is 24.1 Å². The van der Waals surface area contributed by atoms with Crippen molar-refractivity contribution in [2.24, 2.45) is 12.8 Å². The first-order valence-electron chi connectivity index (χ1n) is 5.86. The molecule has 0 bridgehead atoms. The minimum Gasteiger partial charge on any atom is -0.361 e. The standard InChI is InChI=1S/C13H14N4O/c1-17-7-16-12-9(13(17)18)2-3-10-11(12)8(4-5-14)6-15-10/h2-3,6-7,15H,4-5,14H2,1H3. The molecular weight excluding hydrogens is 228 g/mol. The molecule has 3 aromatic rings. The second kappa shape index (κ2) is 3.96. The van der Waals surface area contributed by atoms with Gasteiger partial charge in [-0.2, -0.15) is 0 Å². The number of benzene rings is 1. The number of aryl methyl sites for hydroxylation is 1. The molecule has 0 unspecified atom stereocenters. The molecule has 92 valence electrons. The van der Waals surface area contributed by atoms with Gasteiger partial charge >= 0.3 is 0 Å². The Bertz CT molecular complexity index is 785. The van der Waals surface area contributed by atoms with Crippen LogP contribution in [0.5, 0.6) is 0 Å². The highest BCUT2D eigenvalue weighted by atomic mass is 16.1. The molecule has 0 aliphatic carbocycles. The summed E-state index contributed by atoms with van der Waals surface area (Å²) < 4.78 is 1.49. The third-order valence-electron chi connectivity index (χ3n) is 3.23. The maximum atomic E-state index is 12.1. The number of aromatic nitrogens is 3. The van der Waals surface area contributed by atoms with E-state index in [2.05, 4.69) is 9.97 Å². The van der Waals surface area contributed by atoms with Crippen LogP contribution in [0.25, 0.3) is 21.8 Å².